The summed E-state index contributed by atoms with van der Waals surface area (Å²) in [7, 11) is 0. The third-order valence-electron chi connectivity index (χ3n) is 2.99. The second-order valence-electron chi connectivity index (χ2n) is 4.60. The summed E-state index contributed by atoms with van der Waals surface area (Å²) in [5.41, 5.74) is 2.04. The minimum Gasteiger partial charge on any atom is -0.380 e. The van der Waals surface area contributed by atoms with E-state index in [0.717, 1.165) is 36.2 Å². The molecule has 2 aromatic rings. The lowest BCUT2D eigenvalue weighted by atomic mass is 10.2. The van der Waals surface area contributed by atoms with Gasteiger partial charge < -0.3 is 4.74 Å². The minimum absolute atomic E-state index is 0.470. The maximum absolute atomic E-state index is 5.47. The van der Waals surface area contributed by atoms with Crippen LogP contribution < -0.4 is 0 Å². The summed E-state index contributed by atoms with van der Waals surface area (Å²) >= 11 is 1.70. The molecule has 6 heteroatoms. The first-order chi connectivity index (χ1) is 8.72. The Morgan fingerprint density at radius 3 is 3.06 bits per heavy atom. The van der Waals surface area contributed by atoms with Crippen LogP contribution in [0.1, 0.15) is 24.2 Å². The molecule has 3 rings (SSSR count). The molecule has 0 bridgehead atoms. The van der Waals surface area contributed by atoms with Crippen LogP contribution in [0.15, 0.2) is 11.2 Å². The number of hydrogen-bond donors (Lipinski definition) is 0. The number of hydrogen-bond acceptors (Lipinski definition) is 5. The third kappa shape index (κ3) is 2.35. The van der Waals surface area contributed by atoms with Crippen molar-refractivity contribution in [3.8, 4) is 0 Å². The maximum Gasteiger partial charge on any atom is 0.253 e. The Bertz CT molecular complexity index is 562. The molecule has 1 aliphatic rings. The summed E-state index contributed by atoms with van der Waals surface area (Å²) in [6, 6.07) is 2.01. The van der Waals surface area contributed by atoms with E-state index in [-0.39, 0.29) is 0 Å². The fourth-order valence-electron chi connectivity index (χ4n) is 2.15. The average molecular weight is 264 g/mol. The lowest BCUT2D eigenvalue weighted by molar-refractivity contribution is 0.101. The summed E-state index contributed by atoms with van der Waals surface area (Å²) in [5, 5.41) is 5.77. The standard InChI is InChI=1S/C12H16N4OS/c1-8-6-9(2)16-11(13-8)14-12(15-16)18-10-4-3-5-17-7-10/h6,10H,3-5,7H2,1-2H3/t10-/m1/s1. The zero-order valence-electron chi connectivity index (χ0n) is 10.6. The van der Waals surface area contributed by atoms with Crippen molar-refractivity contribution < 1.29 is 4.74 Å². The molecule has 0 radical (unpaired) electrons. The molecule has 0 spiro atoms. The average Bonchev–Trinajstić information content (AvgIpc) is 2.73. The first-order valence-electron chi connectivity index (χ1n) is 6.18. The number of aromatic nitrogens is 4. The fourth-order valence-corrected chi connectivity index (χ4v) is 3.16. The molecule has 1 atom stereocenters. The molecular formula is C12H16N4OS. The van der Waals surface area contributed by atoms with E-state index in [9.17, 15) is 0 Å². The van der Waals surface area contributed by atoms with Gasteiger partial charge in [0.15, 0.2) is 0 Å². The Morgan fingerprint density at radius 2 is 2.28 bits per heavy atom. The van der Waals surface area contributed by atoms with Gasteiger partial charge in [-0.1, -0.05) is 11.8 Å². The van der Waals surface area contributed by atoms with Gasteiger partial charge >= 0.3 is 0 Å². The Hall–Kier alpha value is -1.14. The van der Waals surface area contributed by atoms with Crippen molar-refractivity contribution in [3.05, 3.63) is 17.5 Å². The van der Waals surface area contributed by atoms with Crippen LogP contribution in [0.25, 0.3) is 5.78 Å². The molecular weight excluding hydrogens is 248 g/mol. The zero-order valence-corrected chi connectivity index (χ0v) is 11.4. The molecule has 2 aromatic heterocycles. The highest BCUT2D eigenvalue weighted by Gasteiger charge is 2.18. The van der Waals surface area contributed by atoms with Crippen LogP contribution in [0.5, 0.6) is 0 Å². The van der Waals surface area contributed by atoms with E-state index in [1.54, 1.807) is 16.3 Å². The molecule has 1 aliphatic heterocycles. The topological polar surface area (TPSA) is 52.3 Å². The SMILES string of the molecule is Cc1cc(C)n2nc(S[C@@H]3CCCOC3)nc2n1. The lowest BCUT2D eigenvalue weighted by Gasteiger charge is -2.19. The van der Waals surface area contributed by atoms with Crippen molar-refractivity contribution in [1.82, 2.24) is 19.6 Å². The van der Waals surface area contributed by atoms with Gasteiger partial charge in [0.1, 0.15) is 0 Å². The quantitative estimate of drug-likeness (QED) is 0.830. The highest BCUT2D eigenvalue weighted by Crippen LogP contribution is 2.26. The number of ether oxygens (including phenoxy) is 1. The molecule has 3 heterocycles. The molecule has 1 saturated heterocycles. The first-order valence-corrected chi connectivity index (χ1v) is 7.06. The first kappa shape index (κ1) is 11.9. The van der Waals surface area contributed by atoms with Crippen LogP contribution in [-0.2, 0) is 4.74 Å². The van der Waals surface area contributed by atoms with Gasteiger partial charge in [-0.3, -0.25) is 0 Å². The van der Waals surface area contributed by atoms with Gasteiger partial charge in [-0.15, -0.1) is 5.10 Å². The van der Waals surface area contributed by atoms with E-state index >= 15 is 0 Å². The molecule has 96 valence electrons. The van der Waals surface area contributed by atoms with E-state index < -0.39 is 0 Å². The maximum atomic E-state index is 5.47. The molecule has 0 aromatic carbocycles. The Balaban J connectivity index is 1.86. The molecule has 18 heavy (non-hydrogen) atoms. The molecule has 1 fully saturated rings. The predicted molar refractivity (Wildman–Crippen MR) is 70.0 cm³/mol. The van der Waals surface area contributed by atoms with E-state index in [1.165, 1.54) is 6.42 Å². The van der Waals surface area contributed by atoms with Crippen molar-refractivity contribution >= 4 is 17.5 Å². The molecule has 0 saturated carbocycles. The van der Waals surface area contributed by atoms with Gasteiger partial charge in [0, 0.05) is 23.2 Å². The van der Waals surface area contributed by atoms with Gasteiger partial charge in [-0.25, -0.2) is 9.50 Å². The summed E-state index contributed by atoms with van der Waals surface area (Å²) in [4.78, 5) is 8.87. The van der Waals surface area contributed by atoms with Gasteiger partial charge in [-0.2, -0.15) is 4.98 Å². The van der Waals surface area contributed by atoms with Crippen molar-refractivity contribution in [3.63, 3.8) is 0 Å². The number of aryl methyl sites for hydroxylation is 2. The predicted octanol–water partition coefficient (Wildman–Crippen LogP) is 2.01. The van der Waals surface area contributed by atoms with E-state index in [1.807, 2.05) is 19.9 Å². The van der Waals surface area contributed by atoms with Gasteiger partial charge in [0.25, 0.3) is 5.78 Å². The van der Waals surface area contributed by atoms with E-state index in [2.05, 4.69) is 15.1 Å². The monoisotopic (exact) mass is 264 g/mol. The number of thioether (sulfide) groups is 1. The van der Waals surface area contributed by atoms with Crippen LogP contribution in [0.3, 0.4) is 0 Å². The highest BCUT2D eigenvalue weighted by molar-refractivity contribution is 7.99. The van der Waals surface area contributed by atoms with Crippen LogP contribution >= 0.6 is 11.8 Å². The largest absolute Gasteiger partial charge is 0.380 e. The fraction of sp³-hybridized carbons (Fsp3) is 0.583. The van der Waals surface area contributed by atoms with Crippen LogP contribution in [-0.4, -0.2) is 38.0 Å². The summed E-state index contributed by atoms with van der Waals surface area (Å²) < 4.78 is 7.28. The molecule has 0 N–H and O–H groups in total. The second kappa shape index (κ2) is 4.85. The van der Waals surface area contributed by atoms with E-state index in [4.69, 9.17) is 4.74 Å². The smallest absolute Gasteiger partial charge is 0.253 e. The molecule has 0 unspecified atom stereocenters. The van der Waals surface area contributed by atoms with Gasteiger partial charge in [0.05, 0.1) is 6.61 Å². The third-order valence-corrected chi connectivity index (χ3v) is 4.08. The van der Waals surface area contributed by atoms with Crippen molar-refractivity contribution in [2.24, 2.45) is 0 Å². The van der Waals surface area contributed by atoms with Crippen molar-refractivity contribution in [2.75, 3.05) is 13.2 Å². The highest BCUT2D eigenvalue weighted by atomic mass is 32.2. The summed E-state index contributed by atoms with van der Waals surface area (Å²) in [6.45, 7) is 5.68. The zero-order chi connectivity index (χ0) is 12.5. The van der Waals surface area contributed by atoms with Crippen molar-refractivity contribution in [2.45, 2.75) is 37.1 Å². The summed E-state index contributed by atoms with van der Waals surface area (Å²) in [5.74, 6) is 0.687. The number of fused-ring (bicyclic) bond motifs is 1. The van der Waals surface area contributed by atoms with Crippen LogP contribution in [0.2, 0.25) is 0 Å². The lowest BCUT2D eigenvalue weighted by Crippen LogP contribution is -2.19. The van der Waals surface area contributed by atoms with E-state index in [0.29, 0.717) is 11.0 Å². The Morgan fingerprint density at radius 1 is 1.39 bits per heavy atom. The number of rotatable bonds is 2. The Labute approximate surface area is 110 Å². The molecule has 5 nitrogen and oxygen atoms in total. The number of nitrogens with zero attached hydrogens (tertiary/aromatic N) is 4. The minimum atomic E-state index is 0.470. The Kier molecular flexibility index (Phi) is 3.22. The normalized spacial score (nSPS) is 20.4. The second-order valence-corrected chi connectivity index (χ2v) is 5.87. The van der Waals surface area contributed by atoms with Crippen molar-refractivity contribution in [1.29, 1.82) is 0 Å². The van der Waals surface area contributed by atoms with Gasteiger partial charge in [-0.05, 0) is 32.8 Å². The molecule has 0 aliphatic carbocycles. The van der Waals surface area contributed by atoms with Crippen LogP contribution in [0, 0.1) is 13.8 Å². The summed E-state index contributed by atoms with van der Waals surface area (Å²) in [6.07, 6.45) is 2.30. The molecule has 0 amide bonds. The van der Waals surface area contributed by atoms with Gasteiger partial charge in [0.2, 0.25) is 5.16 Å². The van der Waals surface area contributed by atoms with Crippen LogP contribution in [0.4, 0.5) is 0 Å².